The Labute approximate surface area is 240 Å². The number of halogens is 2. The molecule has 4 unspecified atom stereocenters. The SMILES string of the molecule is CCC(CS(=O)(=O)CC1(C)COC1)N1C(=O)C(C)(CC(=O)O)CC(c2cccc(Cl)c2)C1c1ccc(Cl)cc1. The number of likely N-dealkylation sites (tertiary alicyclic amines) is 1. The van der Waals surface area contributed by atoms with Crippen LogP contribution in [0.3, 0.4) is 0 Å². The molecule has 2 aliphatic rings. The summed E-state index contributed by atoms with van der Waals surface area (Å²) in [4.78, 5) is 27.9. The van der Waals surface area contributed by atoms with Gasteiger partial charge in [0.25, 0.3) is 0 Å². The van der Waals surface area contributed by atoms with Crippen LogP contribution in [0.4, 0.5) is 0 Å². The molecule has 0 aromatic heterocycles. The summed E-state index contributed by atoms with van der Waals surface area (Å²) >= 11 is 12.6. The van der Waals surface area contributed by atoms with Gasteiger partial charge < -0.3 is 14.7 Å². The van der Waals surface area contributed by atoms with E-state index in [1.807, 2.05) is 44.2 Å². The number of amides is 1. The monoisotopic (exact) mass is 595 g/mol. The molecule has 39 heavy (non-hydrogen) atoms. The first kappa shape index (κ1) is 29.8. The zero-order valence-electron chi connectivity index (χ0n) is 22.4. The number of piperidine rings is 1. The van der Waals surface area contributed by atoms with Gasteiger partial charge in [0.15, 0.2) is 9.84 Å². The van der Waals surface area contributed by atoms with Crippen LogP contribution in [0.15, 0.2) is 48.5 Å². The Morgan fingerprint density at radius 3 is 2.31 bits per heavy atom. The number of carboxylic acids is 1. The highest BCUT2D eigenvalue weighted by molar-refractivity contribution is 7.91. The second-order valence-corrected chi connectivity index (χ2v) is 14.6. The molecule has 2 aromatic rings. The Morgan fingerprint density at radius 2 is 1.77 bits per heavy atom. The maximum absolute atomic E-state index is 14.3. The van der Waals surface area contributed by atoms with Crippen molar-refractivity contribution in [1.82, 2.24) is 4.90 Å². The average molecular weight is 597 g/mol. The highest BCUT2D eigenvalue weighted by atomic mass is 35.5. The largest absolute Gasteiger partial charge is 0.481 e. The van der Waals surface area contributed by atoms with Crippen LogP contribution in [0.1, 0.15) is 63.1 Å². The van der Waals surface area contributed by atoms with E-state index < -0.39 is 38.7 Å². The molecule has 2 aliphatic heterocycles. The minimum Gasteiger partial charge on any atom is -0.481 e. The molecule has 2 aromatic carbocycles. The van der Waals surface area contributed by atoms with E-state index in [1.165, 1.54) is 0 Å². The predicted octanol–water partition coefficient (Wildman–Crippen LogP) is 5.76. The summed E-state index contributed by atoms with van der Waals surface area (Å²) in [5.74, 6) is -2.03. The molecule has 0 spiro atoms. The fraction of sp³-hybridized carbons (Fsp3) is 0.517. The van der Waals surface area contributed by atoms with Gasteiger partial charge in [0.1, 0.15) is 0 Å². The number of benzene rings is 2. The molecule has 0 radical (unpaired) electrons. The summed E-state index contributed by atoms with van der Waals surface area (Å²) in [6.45, 7) is 6.17. The number of ether oxygens (including phenoxy) is 1. The van der Waals surface area contributed by atoms with Gasteiger partial charge in [-0.3, -0.25) is 9.59 Å². The fourth-order valence-corrected chi connectivity index (χ4v) is 8.75. The molecule has 0 saturated carbocycles. The number of carbonyl (C=O) groups excluding carboxylic acids is 1. The van der Waals surface area contributed by atoms with Crippen molar-refractivity contribution in [2.45, 2.75) is 58.0 Å². The first-order valence-electron chi connectivity index (χ1n) is 13.1. The van der Waals surface area contributed by atoms with Gasteiger partial charge >= 0.3 is 5.97 Å². The lowest BCUT2D eigenvalue weighted by atomic mass is 9.67. The quantitative estimate of drug-likeness (QED) is 0.374. The number of carboxylic acid groups (broad SMARTS) is 1. The summed E-state index contributed by atoms with van der Waals surface area (Å²) in [6, 6.07) is 13.3. The van der Waals surface area contributed by atoms with Crippen LogP contribution >= 0.6 is 23.2 Å². The smallest absolute Gasteiger partial charge is 0.304 e. The number of hydrogen-bond acceptors (Lipinski definition) is 5. The number of rotatable bonds is 10. The van der Waals surface area contributed by atoms with Crippen molar-refractivity contribution in [2.75, 3.05) is 24.7 Å². The first-order chi connectivity index (χ1) is 18.3. The van der Waals surface area contributed by atoms with E-state index in [4.69, 9.17) is 27.9 Å². The topological polar surface area (TPSA) is 101 Å². The average Bonchev–Trinajstić information content (AvgIpc) is 2.83. The maximum Gasteiger partial charge on any atom is 0.304 e. The lowest BCUT2D eigenvalue weighted by Crippen LogP contribution is -2.58. The molecule has 212 valence electrons. The summed E-state index contributed by atoms with van der Waals surface area (Å²) < 4.78 is 32.2. The van der Waals surface area contributed by atoms with Gasteiger partial charge in [-0.2, -0.15) is 0 Å². The Morgan fingerprint density at radius 1 is 1.10 bits per heavy atom. The van der Waals surface area contributed by atoms with E-state index in [9.17, 15) is 23.1 Å². The standard InChI is InChI=1S/C29H35Cl2NO6S/c1-4-23(15-39(36,37)18-28(2)16-38-17-28)32-26(19-8-10-21(30)11-9-19)24(20-6-5-7-22(31)12-20)13-29(3,27(32)35)14-25(33)34/h5-12,23-24,26H,4,13-18H2,1-3H3,(H,33,34). The molecule has 1 amide bonds. The van der Waals surface area contributed by atoms with Crippen molar-refractivity contribution in [3.05, 3.63) is 69.7 Å². The third kappa shape index (κ3) is 6.62. The molecule has 1 N–H and O–H groups in total. The molecule has 4 rings (SSSR count). The molecule has 4 atom stereocenters. The van der Waals surface area contributed by atoms with Crippen LogP contribution in [0, 0.1) is 10.8 Å². The highest BCUT2D eigenvalue weighted by Gasteiger charge is 2.53. The van der Waals surface area contributed by atoms with Crippen molar-refractivity contribution < 1.29 is 27.9 Å². The van der Waals surface area contributed by atoms with Gasteiger partial charge in [0.2, 0.25) is 5.91 Å². The van der Waals surface area contributed by atoms with Crippen LogP contribution in [-0.2, 0) is 24.2 Å². The summed E-state index contributed by atoms with van der Waals surface area (Å²) in [5, 5.41) is 10.8. The van der Waals surface area contributed by atoms with E-state index in [0.717, 1.165) is 11.1 Å². The second-order valence-electron chi connectivity index (χ2n) is 11.6. The Hall–Kier alpha value is -2.13. The number of aliphatic carboxylic acids is 1. The third-order valence-electron chi connectivity index (χ3n) is 7.91. The van der Waals surface area contributed by atoms with Gasteiger partial charge in [-0.15, -0.1) is 0 Å². The zero-order valence-corrected chi connectivity index (χ0v) is 24.7. The van der Waals surface area contributed by atoms with E-state index in [-0.39, 0.29) is 36.2 Å². The number of sulfone groups is 1. The number of hydrogen-bond donors (Lipinski definition) is 1. The predicted molar refractivity (Wildman–Crippen MR) is 152 cm³/mol. The zero-order chi connectivity index (χ0) is 28.6. The van der Waals surface area contributed by atoms with Crippen LogP contribution < -0.4 is 0 Å². The molecule has 7 nitrogen and oxygen atoms in total. The lowest BCUT2D eigenvalue weighted by Gasteiger charge is -2.52. The summed E-state index contributed by atoms with van der Waals surface area (Å²) in [5.41, 5.74) is -0.0364. The molecule has 2 fully saturated rings. The van der Waals surface area contributed by atoms with Crippen LogP contribution in [0.2, 0.25) is 10.0 Å². The minimum absolute atomic E-state index is 0.0335. The minimum atomic E-state index is -3.58. The molecule has 2 saturated heterocycles. The van der Waals surface area contributed by atoms with Gasteiger partial charge in [0.05, 0.1) is 42.6 Å². The number of carbonyl (C=O) groups is 2. The summed E-state index contributed by atoms with van der Waals surface area (Å²) in [6.07, 6.45) is 0.278. The van der Waals surface area contributed by atoms with E-state index in [2.05, 4.69) is 0 Å². The van der Waals surface area contributed by atoms with Crippen molar-refractivity contribution >= 4 is 44.9 Å². The van der Waals surface area contributed by atoms with Crippen molar-refractivity contribution in [3.8, 4) is 0 Å². The maximum atomic E-state index is 14.3. The molecule has 0 aliphatic carbocycles. The third-order valence-corrected chi connectivity index (χ3v) is 10.4. The van der Waals surface area contributed by atoms with Crippen LogP contribution in [0.25, 0.3) is 0 Å². The summed E-state index contributed by atoms with van der Waals surface area (Å²) in [7, 11) is -3.58. The van der Waals surface area contributed by atoms with Crippen molar-refractivity contribution in [2.24, 2.45) is 10.8 Å². The molecular formula is C29H35Cl2NO6S. The Bertz CT molecular complexity index is 1330. The van der Waals surface area contributed by atoms with Crippen molar-refractivity contribution in [3.63, 3.8) is 0 Å². The molecule has 10 heteroatoms. The highest BCUT2D eigenvalue weighted by Crippen LogP contribution is 2.52. The first-order valence-corrected chi connectivity index (χ1v) is 15.7. The van der Waals surface area contributed by atoms with E-state index in [0.29, 0.717) is 29.7 Å². The van der Waals surface area contributed by atoms with E-state index >= 15 is 0 Å². The fourth-order valence-electron chi connectivity index (χ4n) is 6.09. The second kappa shape index (κ2) is 11.4. The molecular weight excluding hydrogens is 561 g/mol. The van der Waals surface area contributed by atoms with Gasteiger partial charge in [0, 0.05) is 27.4 Å². The van der Waals surface area contributed by atoms with Crippen LogP contribution in [-0.4, -0.2) is 61.1 Å². The van der Waals surface area contributed by atoms with Crippen molar-refractivity contribution in [1.29, 1.82) is 0 Å². The van der Waals surface area contributed by atoms with Crippen LogP contribution in [0.5, 0.6) is 0 Å². The molecule has 0 bridgehead atoms. The Kier molecular flexibility index (Phi) is 8.72. The lowest BCUT2D eigenvalue weighted by molar-refractivity contribution is -0.160. The molecule has 2 heterocycles. The Balaban J connectivity index is 1.85. The van der Waals surface area contributed by atoms with Gasteiger partial charge in [-0.25, -0.2) is 8.42 Å². The number of nitrogens with zero attached hydrogens (tertiary/aromatic N) is 1. The van der Waals surface area contributed by atoms with Gasteiger partial charge in [-0.1, -0.05) is 68.2 Å². The van der Waals surface area contributed by atoms with Gasteiger partial charge in [-0.05, 0) is 48.2 Å². The normalized spacial score (nSPS) is 25.7. The van der Waals surface area contributed by atoms with E-state index in [1.54, 1.807) is 30.0 Å².